The van der Waals surface area contributed by atoms with E-state index in [1.165, 1.54) is 52.7 Å². The highest BCUT2D eigenvalue weighted by Crippen LogP contribution is 2.36. The van der Waals surface area contributed by atoms with Gasteiger partial charge in [-0.2, -0.15) is 0 Å². The molecule has 1 unspecified atom stereocenters. The van der Waals surface area contributed by atoms with E-state index in [2.05, 4.69) is 22.6 Å². The minimum absolute atomic E-state index is 0.224. The lowest BCUT2D eigenvalue weighted by Crippen LogP contribution is -2.24. The number of rotatable bonds is 4. The molecule has 0 spiro atoms. The molecule has 2 aromatic rings. The fourth-order valence-corrected chi connectivity index (χ4v) is 4.72. The summed E-state index contributed by atoms with van der Waals surface area (Å²) in [6.45, 7) is 2.07. The summed E-state index contributed by atoms with van der Waals surface area (Å²) >= 11 is 3.65. The molecule has 2 aliphatic carbocycles. The molecule has 0 radical (unpaired) electrons. The zero-order chi connectivity index (χ0) is 12.8. The average Bonchev–Trinajstić information content (AvgIpc) is 2.78. The van der Waals surface area contributed by atoms with Crippen molar-refractivity contribution in [2.24, 2.45) is 0 Å². The van der Waals surface area contributed by atoms with Gasteiger partial charge in [0.05, 0.1) is 5.69 Å². The fourth-order valence-electron chi connectivity index (χ4n) is 2.57. The third-order valence-electron chi connectivity index (χ3n) is 3.72. The average molecular weight is 291 g/mol. The molecule has 0 saturated heterocycles. The Morgan fingerprint density at radius 1 is 1.26 bits per heavy atom. The van der Waals surface area contributed by atoms with Crippen molar-refractivity contribution in [3.63, 3.8) is 0 Å². The second-order valence-corrected chi connectivity index (χ2v) is 7.48. The number of hydrogen-bond acceptors (Lipinski definition) is 5. The first-order valence-corrected chi connectivity index (χ1v) is 8.66. The first-order valence-electron chi connectivity index (χ1n) is 6.96. The van der Waals surface area contributed by atoms with Gasteiger partial charge in [0.2, 0.25) is 0 Å². The zero-order valence-corrected chi connectivity index (χ0v) is 12.6. The molecule has 0 aliphatic heterocycles. The molecule has 1 N–H and O–H groups in total. The summed E-state index contributed by atoms with van der Waals surface area (Å²) in [4.78, 5) is 11.1. The van der Waals surface area contributed by atoms with Crippen molar-refractivity contribution in [2.45, 2.75) is 51.1 Å². The second kappa shape index (κ2) is 4.65. The Bertz CT molecular complexity index is 576. The number of nitrogens with one attached hydrogen (secondary N) is 1. The summed E-state index contributed by atoms with van der Waals surface area (Å²) in [6, 6.07) is 0.898. The van der Waals surface area contributed by atoms with E-state index in [1.54, 1.807) is 11.3 Å². The Morgan fingerprint density at radius 2 is 2.16 bits per heavy atom. The van der Waals surface area contributed by atoms with E-state index >= 15 is 0 Å². The van der Waals surface area contributed by atoms with Gasteiger partial charge in [-0.05, 0) is 39.0 Å². The van der Waals surface area contributed by atoms with Gasteiger partial charge in [-0.3, -0.25) is 5.32 Å². The van der Waals surface area contributed by atoms with Crippen LogP contribution in [0.15, 0.2) is 5.38 Å². The van der Waals surface area contributed by atoms with E-state index in [4.69, 9.17) is 4.98 Å². The monoisotopic (exact) mass is 291 g/mol. The topological polar surface area (TPSA) is 37.8 Å². The molecule has 0 aromatic carbocycles. The Hall–Kier alpha value is -0.780. The predicted molar refractivity (Wildman–Crippen MR) is 79.0 cm³/mol. The van der Waals surface area contributed by atoms with Gasteiger partial charge in [-0.25, -0.2) is 9.97 Å². The van der Waals surface area contributed by atoms with E-state index in [0.717, 1.165) is 5.69 Å². The fraction of sp³-hybridized carbons (Fsp3) is 0.571. The molecule has 100 valence electrons. The minimum atomic E-state index is 0.224. The van der Waals surface area contributed by atoms with Gasteiger partial charge in [0.15, 0.2) is 0 Å². The van der Waals surface area contributed by atoms with E-state index in [0.29, 0.717) is 6.04 Å². The molecule has 4 rings (SSSR count). The van der Waals surface area contributed by atoms with Crippen LogP contribution in [0.3, 0.4) is 0 Å². The van der Waals surface area contributed by atoms with Gasteiger partial charge in [0.25, 0.3) is 0 Å². The van der Waals surface area contributed by atoms with Crippen molar-refractivity contribution in [3.05, 3.63) is 31.7 Å². The van der Waals surface area contributed by atoms with Crippen LogP contribution in [0.2, 0.25) is 0 Å². The maximum atomic E-state index is 4.88. The largest absolute Gasteiger partial charge is 0.299 e. The molecule has 3 nitrogen and oxygen atoms in total. The highest BCUT2D eigenvalue weighted by Gasteiger charge is 2.31. The first kappa shape index (κ1) is 12.0. The molecular weight excluding hydrogens is 274 g/mol. The molecule has 1 fully saturated rings. The van der Waals surface area contributed by atoms with E-state index < -0.39 is 0 Å². The highest BCUT2D eigenvalue weighted by molar-refractivity contribution is 7.12. The molecule has 2 aromatic heterocycles. The number of aryl methyl sites for hydroxylation is 3. The van der Waals surface area contributed by atoms with Gasteiger partial charge >= 0.3 is 0 Å². The molecule has 1 saturated carbocycles. The lowest BCUT2D eigenvalue weighted by molar-refractivity contribution is 0.593. The van der Waals surface area contributed by atoms with Crippen LogP contribution in [0.4, 0.5) is 0 Å². The van der Waals surface area contributed by atoms with Crippen molar-refractivity contribution in [3.8, 4) is 0 Å². The zero-order valence-electron chi connectivity index (χ0n) is 11.0. The van der Waals surface area contributed by atoms with Crippen LogP contribution in [0.1, 0.15) is 51.6 Å². The van der Waals surface area contributed by atoms with Crippen LogP contribution in [0.5, 0.6) is 0 Å². The summed E-state index contributed by atoms with van der Waals surface area (Å²) in [5.41, 5.74) is 2.46. The van der Waals surface area contributed by atoms with Crippen LogP contribution in [-0.2, 0) is 12.8 Å². The molecule has 5 heteroatoms. The summed E-state index contributed by atoms with van der Waals surface area (Å²) < 4.78 is 0. The maximum Gasteiger partial charge on any atom is 0.117 e. The smallest absolute Gasteiger partial charge is 0.117 e. The van der Waals surface area contributed by atoms with Crippen molar-refractivity contribution in [1.29, 1.82) is 0 Å². The SMILES string of the molecule is Cc1csc(C(NC2CC2)c2nc3c(s2)CCC3)n1. The summed E-state index contributed by atoms with van der Waals surface area (Å²) in [7, 11) is 0. The molecule has 19 heavy (non-hydrogen) atoms. The Balaban J connectivity index is 1.68. The van der Waals surface area contributed by atoms with E-state index in [-0.39, 0.29) is 6.04 Å². The Labute approximate surface area is 121 Å². The molecule has 2 aliphatic rings. The maximum absolute atomic E-state index is 4.88. The van der Waals surface area contributed by atoms with Gasteiger partial charge < -0.3 is 0 Å². The van der Waals surface area contributed by atoms with Crippen molar-refractivity contribution in [1.82, 2.24) is 15.3 Å². The first-order chi connectivity index (χ1) is 9.29. The lowest BCUT2D eigenvalue weighted by Gasteiger charge is -2.13. The van der Waals surface area contributed by atoms with Crippen molar-refractivity contribution >= 4 is 22.7 Å². The Kier molecular flexibility index (Phi) is 2.94. The van der Waals surface area contributed by atoms with E-state index in [1.807, 2.05) is 11.3 Å². The molecule has 0 amide bonds. The number of hydrogen-bond donors (Lipinski definition) is 1. The number of aromatic nitrogens is 2. The lowest BCUT2D eigenvalue weighted by atomic mass is 10.3. The van der Waals surface area contributed by atoms with Gasteiger partial charge in [0, 0.05) is 22.0 Å². The van der Waals surface area contributed by atoms with Crippen LogP contribution in [0, 0.1) is 6.92 Å². The summed E-state index contributed by atoms with van der Waals surface area (Å²) in [6.07, 6.45) is 6.27. The van der Waals surface area contributed by atoms with Crippen LogP contribution in [0.25, 0.3) is 0 Å². The molecular formula is C14H17N3S2. The number of nitrogens with zero attached hydrogens (tertiary/aromatic N) is 2. The normalized spacial score (nSPS) is 19.6. The third-order valence-corrected chi connectivity index (χ3v) is 5.97. The third kappa shape index (κ3) is 2.35. The quantitative estimate of drug-likeness (QED) is 0.939. The number of fused-ring (bicyclic) bond motifs is 1. The summed E-state index contributed by atoms with van der Waals surface area (Å²) in [5.74, 6) is 0. The Morgan fingerprint density at radius 3 is 2.84 bits per heavy atom. The molecule has 1 atom stereocenters. The van der Waals surface area contributed by atoms with Crippen LogP contribution < -0.4 is 5.32 Å². The van der Waals surface area contributed by atoms with Gasteiger partial charge in [-0.1, -0.05) is 0 Å². The number of thiazole rings is 2. The van der Waals surface area contributed by atoms with E-state index in [9.17, 15) is 0 Å². The van der Waals surface area contributed by atoms with Crippen LogP contribution in [-0.4, -0.2) is 16.0 Å². The summed E-state index contributed by atoms with van der Waals surface area (Å²) in [5, 5.41) is 8.26. The highest BCUT2D eigenvalue weighted by atomic mass is 32.1. The van der Waals surface area contributed by atoms with Gasteiger partial charge in [0.1, 0.15) is 16.1 Å². The van der Waals surface area contributed by atoms with Crippen LogP contribution >= 0.6 is 22.7 Å². The second-order valence-electron chi connectivity index (χ2n) is 5.48. The molecule has 2 heterocycles. The predicted octanol–water partition coefficient (Wildman–Crippen LogP) is 3.24. The van der Waals surface area contributed by atoms with Gasteiger partial charge in [-0.15, -0.1) is 22.7 Å². The molecule has 0 bridgehead atoms. The van der Waals surface area contributed by atoms with Crippen molar-refractivity contribution < 1.29 is 0 Å². The van der Waals surface area contributed by atoms with Crippen molar-refractivity contribution in [2.75, 3.05) is 0 Å². The minimum Gasteiger partial charge on any atom is -0.299 e. The standard InChI is InChI=1S/C14H17N3S2/c1-8-7-18-13(15-8)12(16-9-5-6-9)14-17-10-3-2-4-11(10)19-14/h7,9,12,16H,2-6H2,1H3.